The first kappa shape index (κ1) is 19.4. The zero-order chi connectivity index (χ0) is 19.4. The van der Waals surface area contributed by atoms with Crippen LogP contribution in [0, 0.1) is 0 Å². The van der Waals surface area contributed by atoms with E-state index < -0.39 is 5.97 Å². The molecule has 0 saturated carbocycles. The number of carboxylic acid groups (broad SMARTS) is 1. The minimum atomic E-state index is -1.07. The number of hydrogen-bond acceptors (Lipinski definition) is 3. The van der Waals surface area contributed by atoms with Crippen molar-refractivity contribution in [2.45, 2.75) is 12.3 Å². The minimum absolute atomic E-state index is 0.0860. The molecule has 4 nitrogen and oxygen atoms in total. The van der Waals surface area contributed by atoms with Crippen molar-refractivity contribution in [1.82, 2.24) is 0 Å². The van der Waals surface area contributed by atoms with Crippen molar-refractivity contribution in [2.24, 2.45) is 0 Å². The lowest BCUT2D eigenvalue weighted by atomic mass is 9.88. The molecular formula is C20H15Cl2NO3S. The summed E-state index contributed by atoms with van der Waals surface area (Å²) in [5.41, 5.74) is 2.26. The molecule has 0 bridgehead atoms. The Hall–Kier alpha value is -2.34. The van der Waals surface area contributed by atoms with Gasteiger partial charge >= 0.3 is 5.97 Å². The van der Waals surface area contributed by atoms with Crippen molar-refractivity contribution in [3.63, 3.8) is 0 Å². The van der Waals surface area contributed by atoms with Crippen LogP contribution >= 0.6 is 34.5 Å². The standard InChI is InChI=1S/C20H15Cl2NO3S/c21-14-5-1-12(2-6-14)16(13-3-7-15(22)8-4-13)9-19(24)23-18-11-27-10-17(18)20(25)26/h1-8,10-11,16H,9H2,(H,23,24)(H,25,26). The predicted octanol–water partition coefficient (Wildman–Crippen LogP) is 5.91. The summed E-state index contributed by atoms with van der Waals surface area (Å²) < 4.78 is 0. The highest BCUT2D eigenvalue weighted by atomic mass is 35.5. The molecule has 0 aliphatic rings. The van der Waals surface area contributed by atoms with E-state index in [9.17, 15) is 14.7 Å². The third-order valence-electron chi connectivity index (χ3n) is 4.10. The Morgan fingerprint density at radius 2 is 1.44 bits per heavy atom. The number of carboxylic acids is 1. The molecule has 0 radical (unpaired) electrons. The molecule has 0 aliphatic heterocycles. The normalized spacial score (nSPS) is 10.8. The molecule has 1 amide bonds. The van der Waals surface area contributed by atoms with Gasteiger partial charge in [-0.05, 0) is 35.4 Å². The highest BCUT2D eigenvalue weighted by molar-refractivity contribution is 7.08. The molecule has 0 unspecified atom stereocenters. The predicted molar refractivity (Wildman–Crippen MR) is 109 cm³/mol. The van der Waals surface area contributed by atoms with Crippen molar-refractivity contribution in [2.75, 3.05) is 5.32 Å². The van der Waals surface area contributed by atoms with Gasteiger partial charge in [-0.3, -0.25) is 4.79 Å². The summed E-state index contributed by atoms with van der Waals surface area (Å²) >= 11 is 13.2. The molecule has 2 N–H and O–H groups in total. The molecule has 1 heterocycles. The molecule has 27 heavy (non-hydrogen) atoms. The fourth-order valence-electron chi connectivity index (χ4n) is 2.76. The average Bonchev–Trinajstić information content (AvgIpc) is 3.10. The van der Waals surface area contributed by atoms with Gasteiger partial charge in [0, 0.05) is 33.1 Å². The first-order chi connectivity index (χ1) is 12.9. The van der Waals surface area contributed by atoms with E-state index in [0.717, 1.165) is 11.1 Å². The Balaban J connectivity index is 1.85. The minimum Gasteiger partial charge on any atom is -0.478 e. The summed E-state index contributed by atoms with van der Waals surface area (Å²) in [4.78, 5) is 23.8. The van der Waals surface area contributed by atoms with Crippen LogP contribution in [0.5, 0.6) is 0 Å². The Labute approximate surface area is 170 Å². The van der Waals surface area contributed by atoms with Crippen LogP contribution in [-0.4, -0.2) is 17.0 Å². The van der Waals surface area contributed by atoms with Crippen LogP contribution < -0.4 is 5.32 Å². The molecule has 2 aromatic carbocycles. The van der Waals surface area contributed by atoms with Crippen molar-refractivity contribution in [3.8, 4) is 0 Å². The number of amides is 1. The zero-order valence-electron chi connectivity index (χ0n) is 14.0. The van der Waals surface area contributed by atoms with Gasteiger partial charge in [0.2, 0.25) is 5.91 Å². The second-order valence-corrected chi connectivity index (χ2v) is 7.53. The number of aromatic carboxylic acids is 1. The lowest BCUT2D eigenvalue weighted by Crippen LogP contribution is -2.17. The van der Waals surface area contributed by atoms with Crippen LogP contribution in [-0.2, 0) is 4.79 Å². The van der Waals surface area contributed by atoms with E-state index in [1.54, 1.807) is 29.6 Å². The summed E-state index contributed by atoms with van der Waals surface area (Å²) in [6.45, 7) is 0. The highest BCUT2D eigenvalue weighted by Crippen LogP contribution is 2.31. The number of benzene rings is 2. The summed E-state index contributed by atoms with van der Waals surface area (Å²) in [6.07, 6.45) is 0.151. The highest BCUT2D eigenvalue weighted by Gasteiger charge is 2.20. The SMILES string of the molecule is O=C(CC(c1ccc(Cl)cc1)c1ccc(Cl)cc1)Nc1cscc1C(=O)O. The molecule has 3 rings (SSSR count). The third kappa shape index (κ3) is 4.89. The van der Waals surface area contributed by atoms with Crippen LogP contribution in [0.25, 0.3) is 0 Å². The molecule has 0 atom stereocenters. The fourth-order valence-corrected chi connectivity index (χ4v) is 3.77. The number of thiophene rings is 1. The molecule has 0 aliphatic carbocycles. The van der Waals surface area contributed by atoms with Crippen LogP contribution in [0.3, 0.4) is 0 Å². The molecular weight excluding hydrogens is 405 g/mol. The third-order valence-corrected chi connectivity index (χ3v) is 5.35. The summed E-state index contributed by atoms with van der Waals surface area (Å²) in [7, 11) is 0. The van der Waals surface area contributed by atoms with Gasteiger partial charge in [-0.1, -0.05) is 47.5 Å². The van der Waals surface area contributed by atoms with Crippen molar-refractivity contribution in [3.05, 3.63) is 86.0 Å². The number of hydrogen-bond donors (Lipinski definition) is 2. The van der Waals surface area contributed by atoms with Crippen LogP contribution in [0.2, 0.25) is 10.0 Å². The number of carbonyl (C=O) groups is 2. The smallest absolute Gasteiger partial charge is 0.338 e. The lowest BCUT2D eigenvalue weighted by molar-refractivity contribution is -0.116. The number of anilines is 1. The Morgan fingerprint density at radius 1 is 0.926 bits per heavy atom. The van der Waals surface area contributed by atoms with Gasteiger partial charge < -0.3 is 10.4 Å². The molecule has 3 aromatic rings. The summed E-state index contributed by atoms with van der Waals surface area (Å²) in [5.74, 6) is -1.56. The molecule has 7 heteroatoms. The van der Waals surface area contributed by atoms with Crippen LogP contribution in [0.4, 0.5) is 5.69 Å². The number of nitrogens with one attached hydrogen (secondary N) is 1. The van der Waals surface area contributed by atoms with Crippen LogP contribution in [0.15, 0.2) is 59.3 Å². The van der Waals surface area contributed by atoms with E-state index in [2.05, 4.69) is 5.32 Å². The maximum absolute atomic E-state index is 12.6. The Bertz CT molecular complexity index is 907. The van der Waals surface area contributed by atoms with Gasteiger partial charge in [0.1, 0.15) is 0 Å². The van der Waals surface area contributed by atoms with Crippen LogP contribution in [0.1, 0.15) is 33.8 Å². The number of halogens is 2. The van der Waals surface area contributed by atoms with Gasteiger partial charge in [-0.25, -0.2) is 4.79 Å². The van der Waals surface area contributed by atoms with E-state index in [1.165, 1.54) is 16.7 Å². The first-order valence-electron chi connectivity index (χ1n) is 8.04. The number of carbonyl (C=O) groups excluding carboxylic acids is 1. The largest absolute Gasteiger partial charge is 0.478 e. The van der Waals surface area contributed by atoms with E-state index in [-0.39, 0.29) is 23.8 Å². The number of rotatable bonds is 6. The quantitative estimate of drug-likeness (QED) is 0.521. The van der Waals surface area contributed by atoms with E-state index in [4.69, 9.17) is 23.2 Å². The maximum atomic E-state index is 12.6. The van der Waals surface area contributed by atoms with E-state index in [1.807, 2.05) is 24.3 Å². The Kier molecular flexibility index (Phi) is 6.16. The van der Waals surface area contributed by atoms with Crippen molar-refractivity contribution < 1.29 is 14.7 Å². The summed E-state index contributed by atoms with van der Waals surface area (Å²) in [6, 6.07) is 14.6. The van der Waals surface area contributed by atoms with Gasteiger partial charge in [0.25, 0.3) is 0 Å². The lowest BCUT2D eigenvalue weighted by Gasteiger charge is -2.18. The molecule has 0 saturated heterocycles. The summed E-state index contributed by atoms with van der Waals surface area (Å²) in [5, 5.41) is 16.2. The Morgan fingerprint density at radius 3 is 1.93 bits per heavy atom. The second kappa shape index (κ2) is 8.57. The van der Waals surface area contributed by atoms with Crippen molar-refractivity contribution >= 4 is 52.1 Å². The van der Waals surface area contributed by atoms with E-state index >= 15 is 0 Å². The molecule has 0 spiro atoms. The van der Waals surface area contributed by atoms with Gasteiger partial charge in [0.05, 0.1) is 11.3 Å². The van der Waals surface area contributed by atoms with Gasteiger partial charge in [-0.2, -0.15) is 0 Å². The topological polar surface area (TPSA) is 66.4 Å². The van der Waals surface area contributed by atoms with E-state index in [0.29, 0.717) is 15.7 Å². The molecule has 0 fully saturated rings. The zero-order valence-corrected chi connectivity index (χ0v) is 16.3. The maximum Gasteiger partial charge on any atom is 0.338 e. The fraction of sp³-hybridized carbons (Fsp3) is 0.100. The second-order valence-electron chi connectivity index (χ2n) is 5.91. The monoisotopic (exact) mass is 419 g/mol. The molecule has 1 aromatic heterocycles. The van der Waals surface area contributed by atoms with Crippen molar-refractivity contribution in [1.29, 1.82) is 0 Å². The average molecular weight is 420 g/mol. The van der Waals surface area contributed by atoms with Gasteiger partial charge in [0.15, 0.2) is 0 Å². The molecule has 138 valence electrons. The van der Waals surface area contributed by atoms with Gasteiger partial charge in [-0.15, -0.1) is 11.3 Å². The first-order valence-corrected chi connectivity index (χ1v) is 9.74.